The third-order valence-corrected chi connectivity index (χ3v) is 8.00. The van der Waals surface area contributed by atoms with Crippen LogP contribution in [-0.4, -0.2) is 11.1 Å². The van der Waals surface area contributed by atoms with Gasteiger partial charge in [0.2, 0.25) is 0 Å². The molecule has 0 heterocycles. The Kier molecular flexibility index (Phi) is 27.1. The van der Waals surface area contributed by atoms with Crippen LogP contribution in [0.15, 0.2) is 0 Å². The number of carbonyl (C=O) groups is 1. The largest absolute Gasteiger partial charge is 0.481 e. The van der Waals surface area contributed by atoms with Gasteiger partial charge in [-0.2, -0.15) is 0 Å². The number of hydrogen-bond donors (Lipinski definition) is 1. The standard InChI is InChI=1S/C34H68O2/c1-31(2)26-22-18-14-10-6-5-7-12-16-20-24-28-33(30-34(35)36)29-25-21-17-13-9-8-11-15-19-23-27-32(3)4/h31-33H,5-30H2,1-4H3,(H,35,36). The number of aliphatic carboxylic acids is 1. The molecule has 1 N–H and O–H groups in total. The minimum atomic E-state index is -0.599. The lowest BCUT2D eigenvalue weighted by molar-refractivity contribution is -0.138. The van der Waals surface area contributed by atoms with E-state index in [9.17, 15) is 9.90 Å². The molecule has 2 heteroatoms. The zero-order chi connectivity index (χ0) is 26.7. The summed E-state index contributed by atoms with van der Waals surface area (Å²) in [6.45, 7) is 9.30. The first-order valence-electron chi connectivity index (χ1n) is 16.6. The monoisotopic (exact) mass is 509 g/mol. The molecular formula is C34H68O2. The summed E-state index contributed by atoms with van der Waals surface area (Å²) in [6, 6.07) is 0. The van der Waals surface area contributed by atoms with Gasteiger partial charge in [-0.25, -0.2) is 0 Å². The van der Waals surface area contributed by atoms with Crippen LogP contribution < -0.4 is 0 Å². The van der Waals surface area contributed by atoms with Gasteiger partial charge >= 0.3 is 5.97 Å². The first-order valence-corrected chi connectivity index (χ1v) is 16.6. The zero-order valence-electron chi connectivity index (χ0n) is 25.5. The smallest absolute Gasteiger partial charge is 0.303 e. The van der Waals surface area contributed by atoms with E-state index in [2.05, 4.69) is 27.7 Å². The van der Waals surface area contributed by atoms with Crippen molar-refractivity contribution in [2.75, 3.05) is 0 Å². The fraction of sp³-hybridized carbons (Fsp3) is 0.971. The predicted molar refractivity (Wildman–Crippen MR) is 161 cm³/mol. The SMILES string of the molecule is CC(C)CCCCCCCCCCCCCC(CCCCCCCCCCCCC(C)C)CC(=O)O. The molecule has 1 unspecified atom stereocenters. The van der Waals surface area contributed by atoms with Gasteiger partial charge in [-0.3, -0.25) is 4.79 Å². The third-order valence-electron chi connectivity index (χ3n) is 8.00. The molecule has 0 saturated heterocycles. The topological polar surface area (TPSA) is 37.3 Å². The van der Waals surface area contributed by atoms with Crippen LogP contribution in [0.2, 0.25) is 0 Å². The lowest BCUT2D eigenvalue weighted by atomic mass is 9.91. The molecule has 2 nitrogen and oxygen atoms in total. The fourth-order valence-electron chi connectivity index (χ4n) is 5.57. The van der Waals surface area contributed by atoms with Crippen molar-refractivity contribution in [2.45, 2.75) is 195 Å². The highest BCUT2D eigenvalue weighted by molar-refractivity contribution is 5.66. The summed E-state index contributed by atoms with van der Waals surface area (Å²) in [4.78, 5) is 11.3. The molecule has 0 amide bonds. The van der Waals surface area contributed by atoms with E-state index >= 15 is 0 Å². The molecule has 0 aliphatic rings. The van der Waals surface area contributed by atoms with E-state index in [0.29, 0.717) is 12.3 Å². The van der Waals surface area contributed by atoms with E-state index in [1.807, 2.05) is 0 Å². The van der Waals surface area contributed by atoms with Crippen LogP contribution >= 0.6 is 0 Å². The van der Waals surface area contributed by atoms with Gasteiger partial charge in [0.1, 0.15) is 0 Å². The molecule has 0 aromatic heterocycles. The Morgan fingerprint density at radius 2 is 0.639 bits per heavy atom. The van der Waals surface area contributed by atoms with E-state index in [-0.39, 0.29) is 0 Å². The first kappa shape index (κ1) is 35.5. The molecule has 1 atom stereocenters. The molecular weight excluding hydrogens is 440 g/mol. The minimum absolute atomic E-state index is 0.383. The van der Waals surface area contributed by atoms with Gasteiger partial charge in [-0.1, -0.05) is 175 Å². The average Bonchev–Trinajstić information content (AvgIpc) is 2.81. The maximum atomic E-state index is 11.3. The average molecular weight is 509 g/mol. The van der Waals surface area contributed by atoms with Crippen molar-refractivity contribution in [1.82, 2.24) is 0 Å². The van der Waals surface area contributed by atoms with Crippen LogP contribution in [0.4, 0.5) is 0 Å². The van der Waals surface area contributed by atoms with E-state index in [0.717, 1.165) is 24.7 Å². The molecule has 36 heavy (non-hydrogen) atoms. The van der Waals surface area contributed by atoms with E-state index in [4.69, 9.17) is 0 Å². The van der Waals surface area contributed by atoms with Crippen LogP contribution in [0.3, 0.4) is 0 Å². The van der Waals surface area contributed by atoms with Crippen LogP contribution in [0.25, 0.3) is 0 Å². The Hall–Kier alpha value is -0.530. The Labute approximate surface area is 228 Å². The van der Waals surface area contributed by atoms with E-state index in [1.165, 1.54) is 148 Å². The Bertz CT molecular complexity index is 442. The highest BCUT2D eigenvalue weighted by Gasteiger charge is 2.12. The van der Waals surface area contributed by atoms with Crippen molar-refractivity contribution >= 4 is 5.97 Å². The molecule has 0 spiro atoms. The molecule has 0 fully saturated rings. The van der Waals surface area contributed by atoms with Crippen molar-refractivity contribution in [3.8, 4) is 0 Å². The Balaban J connectivity index is 3.52. The molecule has 216 valence electrons. The molecule has 0 aliphatic carbocycles. The second-order valence-corrected chi connectivity index (χ2v) is 12.8. The summed E-state index contributed by atoms with van der Waals surface area (Å²) in [7, 11) is 0. The summed E-state index contributed by atoms with van der Waals surface area (Å²) in [6.07, 6.45) is 34.2. The van der Waals surface area contributed by atoms with Crippen molar-refractivity contribution in [2.24, 2.45) is 17.8 Å². The van der Waals surface area contributed by atoms with Gasteiger partial charge in [-0.05, 0) is 30.6 Å². The summed E-state index contributed by atoms with van der Waals surface area (Å²) in [5.74, 6) is 1.53. The van der Waals surface area contributed by atoms with Gasteiger partial charge in [0.15, 0.2) is 0 Å². The molecule has 0 aromatic carbocycles. The molecule has 0 radical (unpaired) electrons. The Morgan fingerprint density at radius 1 is 0.417 bits per heavy atom. The first-order chi connectivity index (χ1) is 17.4. The Morgan fingerprint density at radius 3 is 0.861 bits per heavy atom. The lowest BCUT2D eigenvalue weighted by Crippen LogP contribution is -2.08. The van der Waals surface area contributed by atoms with E-state index in [1.54, 1.807) is 0 Å². The highest BCUT2D eigenvalue weighted by Crippen LogP contribution is 2.23. The summed E-state index contributed by atoms with van der Waals surface area (Å²) in [5, 5.41) is 9.30. The molecule has 0 aromatic rings. The van der Waals surface area contributed by atoms with E-state index < -0.39 is 5.97 Å². The molecule has 0 bridgehead atoms. The highest BCUT2D eigenvalue weighted by atomic mass is 16.4. The third kappa shape index (κ3) is 29.7. The predicted octanol–water partition coefficient (Wildman–Crippen LogP) is 12.1. The van der Waals surface area contributed by atoms with Crippen molar-refractivity contribution in [3.63, 3.8) is 0 Å². The fourth-order valence-corrected chi connectivity index (χ4v) is 5.57. The molecule has 0 rings (SSSR count). The maximum Gasteiger partial charge on any atom is 0.303 e. The van der Waals surface area contributed by atoms with Crippen LogP contribution in [-0.2, 0) is 4.79 Å². The lowest BCUT2D eigenvalue weighted by Gasteiger charge is -2.14. The van der Waals surface area contributed by atoms with Crippen LogP contribution in [0, 0.1) is 17.8 Å². The van der Waals surface area contributed by atoms with Crippen molar-refractivity contribution in [3.05, 3.63) is 0 Å². The number of hydrogen-bond acceptors (Lipinski definition) is 1. The van der Waals surface area contributed by atoms with Crippen molar-refractivity contribution in [1.29, 1.82) is 0 Å². The van der Waals surface area contributed by atoms with Gasteiger partial charge in [-0.15, -0.1) is 0 Å². The number of carboxylic acid groups (broad SMARTS) is 1. The van der Waals surface area contributed by atoms with Gasteiger partial charge in [0.25, 0.3) is 0 Å². The molecule has 0 aliphatic heterocycles. The quantitative estimate of drug-likeness (QED) is 0.102. The normalized spacial score (nSPS) is 12.6. The summed E-state index contributed by atoms with van der Waals surface area (Å²) in [5.41, 5.74) is 0. The van der Waals surface area contributed by atoms with Gasteiger partial charge in [0, 0.05) is 6.42 Å². The zero-order valence-corrected chi connectivity index (χ0v) is 25.5. The number of unbranched alkanes of at least 4 members (excludes halogenated alkanes) is 19. The van der Waals surface area contributed by atoms with Crippen LogP contribution in [0.5, 0.6) is 0 Å². The van der Waals surface area contributed by atoms with Gasteiger partial charge in [0.05, 0.1) is 0 Å². The van der Waals surface area contributed by atoms with Gasteiger partial charge < -0.3 is 5.11 Å². The molecule has 0 saturated carbocycles. The maximum absolute atomic E-state index is 11.3. The van der Waals surface area contributed by atoms with Crippen molar-refractivity contribution < 1.29 is 9.90 Å². The number of carboxylic acids is 1. The summed E-state index contributed by atoms with van der Waals surface area (Å²) < 4.78 is 0. The second-order valence-electron chi connectivity index (χ2n) is 12.8. The second kappa shape index (κ2) is 27.5. The van der Waals surface area contributed by atoms with Crippen LogP contribution in [0.1, 0.15) is 195 Å². The summed E-state index contributed by atoms with van der Waals surface area (Å²) >= 11 is 0. The minimum Gasteiger partial charge on any atom is -0.481 e. The number of rotatable bonds is 29.